The highest BCUT2D eigenvalue weighted by atomic mass is 16.5. The number of hydrogen-bond acceptors (Lipinski definition) is 4. The summed E-state index contributed by atoms with van der Waals surface area (Å²) < 4.78 is 4.88. The molecule has 0 aliphatic carbocycles. The van der Waals surface area contributed by atoms with Gasteiger partial charge in [0.05, 0.1) is 5.92 Å². The van der Waals surface area contributed by atoms with Crippen molar-refractivity contribution < 1.29 is 29.3 Å². The summed E-state index contributed by atoms with van der Waals surface area (Å²) in [5.41, 5.74) is 0.741. The summed E-state index contributed by atoms with van der Waals surface area (Å²) in [5.74, 6) is -3.92. The van der Waals surface area contributed by atoms with E-state index in [9.17, 15) is 14.4 Å². The fourth-order valence-corrected chi connectivity index (χ4v) is 1.78. The second kappa shape index (κ2) is 7.88. The van der Waals surface area contributed by atoms with Crippen LogP contribution < -0.4 is 5.32 Å². The topological polar surface area (TPSA) is 113 Å². The Balaban J connectivity index is 2.61. The number of benzene rings is 1. The summed E-state index contributed by atoms with van der Waals surface area (Å²) in [5, 5.41) is 20.1. The first-order valence-corrected chi connectivity index (χ1v) is 6.38. The van der Waals surface area contributed by atoms with E-state index in [0.717, 1.165) is 5.56 Å². The molecule has 1 unspecified atom stereocenters. The molecule has 0 aliphatic heterocycles. The van der Waals surface area contributed by atoms with Crippen LogP contribution in [0.4, 0.5) is 4.79 Å². The highest BCUT2D eigenvalue weighted by Crippen LogP contribution is 2.10. The molecule has 0 aromatic heterocycles. The molecule has 0 aliphatic rings. The van der Waals surface area contributed by atoms with Crippen molar-refractivity contribution >= 4 is 18.0 Å². The van der Waals surface area contributed by atoms with E-state index in [1.807, 2.05) is 6.07 Å². The lowest BCUT2D eigenvalue weighted by Crippen LogP contribution is -2.48. The van der Waals surface area contributed by atoms with Gasteiger partial charge in [0.25, 0.3) is 0 Å². The van der Waals surface area contributed by atoms with Gasteiger partial charge in [-0.3, -0.25) is 4.79 Å². The fourth-order valence-electron chi connectivity index (χ4n) is 1.78. The van der Waals surface area contributed by atoms with Crippen LogP contribution >= 0.6 is 0 Å². The molecule has 7 heteroatoms. The Labute approximate surface area is 121 Å². The zero-order valence-electron chi connectivity index (χ0n) is 11.5. The quantitative estimate of drug-likeness (QED) is 0.702. The number of carbonyl (C=O) groups is 3. The van der Waals surface area contributed by atoms with Crippen LogP contribution in [0.3, 0.4) is 0 Å². The van der Waals surface area contributed by atoms with E-state index in [2.05, 4.69) is 5.32 Å². The molecule has 2 atom stereocenters. The van der Waals surface area contributed by atoms with E-state index in [4.69, 9.17) is 14.9 Å². The molecule has 7 nitrogen and oxygen atoms in total. The normalized spacial score (nSPS) is 13.0. The van der Waals surface area contributed by atoms with Gasteiger partial charge in [0, 0.05) is 0 Å². The number of hydrogen-bond donors (Lipinski definition) is 3. The summed E-state index contributed by atoms with van der Waals surface area (Å²) in [4.78, 5) is 33.6. The molecule has 114 valence electrons. The summed E-state index contributed by atoms with van der Waals surface area (Å²) in [6.07, 6.45) is -0.892. The molecule has 1 aromatic carbocycles. The molecule has 0 fully saturated rings. The Morgan fingerprint density at radius 3 is 2.24 bits per heavy atom. The first kappa shape index (κ1) is 16.5. The SMILES string of the molecule is CCC(C(=O)O)[C@H](NC(=O)OCc1ccccc1)C(=O)O. The number of carbonyl (C=O) groups excluding carboxylic acids is 1. The standard InChI is InChI=1S/C14H17NO6/c1-2-10(12(16)17)11(13(18)19)15-14(20)21-8-9-6-4-3-5-7-9/h3-7,10-11H,2,8H2,1H3,(H,15,20)(H,16,17)(H,18,19)/t10?,11-/m0/s1. The second-order valence-corrected chi connectivity index (χ2v) is 4.37. The van der Waals surface area contributed by atoms with Gasteiger partial charge >= 0.3 is 18.0 Å². The first-order valence-electron chi connectivity index (χ1n) is 6.38. The Bertz CT molecular complexity index is 501. The number of nitrogens with one attached hydrogen (secondary N) is 1. The number of ether oxygens (including phenoxy) is 1. The van der Waals surface area contributed by atoms with Crippen molar-refractivity contribution in [3.05, 3.63) is 35.9 Å². The highest BCUT2D eigenvalue weighted by molar-refractivity contribution is 5.86. The predicted octanol–water partition coefficient (Wildman–Crippen LogP) is 1.48. The zero-order valence-corrected chi connectivity index (χ0v) is 11.5. The number of carboxylic acid groups (broad SMARTS) is 2. The average molecular weight is 295 g/mol. The van der Waals surface area contributed by atoms with E-state index < -0.39 is 30.0 Å². The van der Waals surface area contributed by atoms with Crippen molar-refractivity contribution in [3.8, 4) is 0 Å². The molecule has 3 N–H and O–H groups in total. The van der Waals surface area contributed by atoms with Crippen LogP contribution in [0.5, 0.6) is 0 Å². The number of rotatable bonds is 7. The molecule has 1 aromatic rings. The average Bonchev–Trinajstić information content (AvgIpc) is 2.45. The minimum Gasteiger partial charge on any atom is -0.481 e. The maximum Gasteiger partial charge on any atom is 0.408 e. The van der Waals surface area contributed by atoms with Crippen LogP contribution in [0.2, 0.25) is 0 Å². The number of amides is 1. The van der Waals surface area contributed by atoms with Gasteiger partial charge in [-0.15, -0.1) is 0 Å². The van der Waals surface area contributed by atoms with Gasteiger partial charge in [0.15, 0.2) is 0 Å². The molecular weight excluding hydrogens is 278 g/mol. The molecule has 0 saturated heterocycles. The van der Waals surface area contributed by atoms with Crippen LogP contribution in [0.15, 0.2) is 30.3 Å². The lowest BCUT2D eigenvalue weighted by molar-refractivity contribution is -0.150. The smallest absolute Gasteiger partial charge is 0.408 e. The second-order valence-electron chi connectivity index (χ2n) is 4.37. The van der Waals surface area contributed by atoms with Crippen LogP contribution in [-0.4, -0.2) is 34.3 Å². The Morgan fingerprint density at radius 1 is 1.14 bits per heavy atom. The highest BCUT2D eigenvalue weighted by Gasteiger charge is 2.34. The molecule has 0 spiro atoms. The van der Waals surface area contributed by atoms with Gasteiger partial charge in [-0.25, -0.2) is 9.59 Å². The Kier molecular flexibility index (Phi) is 6.19. The molecule has 1 rings (SSSR count). The number of carboxylic acids is 2. The fraction of sp³-hybridized carbons (Fsp3) is 0.357. The molecule has 0 bridgehead atoms. The van der Waals surface area contributed by atoms with E-state index in [1.54, 1.807) is 24.3 Å². The number of alkyl carbamates (subject to hydrolysis) is 1. The summed E-state index contributed by atoms with van der Waals surface area (Å²) in [6.45, 7) is 1.51. The van der Waals surface area contributed by atoms with Gasteiger partial charge < -0.3 is 20.3 Å². The largest absolute Gasteiger partial charge is 0.481 e. The van der Waals surface area contributed by atoms with Gasteiger partial charge in [0.1, 0.15) is 12.6 Å². The van der Waals surface area contributed by atoms with Crippen LogP contribution in [0.25, 0.3) is 0 Å². The third kappa shape index (κ3) is 5.13. The summed E-state index contributed by atoms with van der Waals surface area (Å²) in [7, 11) is 0. The minimum atomic E-state index is -1.53. The molecule has 0 heterocycles. The summed E-state index contributed by atoms with van der Waals surface area (Å²) in [6, 6.07) is 7.31. The van der Waals surface area contributed by atoms with Gasteiger partial charge in [0.2, 0.25) is 0 Å². The van der Waals surface area contributed by atoms with Crippen LogP contribution in [0.1, 0.15) is 18.9 Å². The van der Waals surface area contributed by atoms with Crippen molar-refractivity contribution in [2.45, 2.75) is 26.0 Å². The lowest BCUT2D eigenvalue weighted by atomic mass is 9.97. The molecule has 0 saturated carbocycles. The molecule has 0 radical (unpaired) electrons. The van der Waals surface area contributed by atoms with Crippen molar-refractivity contribution in [1.82, 2.24) is 5.32 Å². The van der Waals surface area contributed by atoms with Crippen LogP contribution in [-0.2, 0) is 20.9 Å². The lowest BCUT2D eigenvalue weighted by Gasteiger charge is -2.20. The maximum atomic E-state index is 11.6. The van der Waals surface area contributed by atoms with Gasteiger partial charge in [-0.05, 0) is 12.0 Å². The summed E-state index contributed by atoms with van der Waals surface area (Å²) >= 11 is 0. The minimum absolute atomic E-state index is 0.0249. The first-order chi connectivity index (χ1) is 9.95. The van der Waals surface area contributed by atoms with Crippen molar-refractivity contribution in [2.75, 3.05) is 0 Å². The Morgan fingerprint density at radius 2 is 1.76 bits per heavy atom. The van der Waals surface area contributed by atoms with E-state index >= 15 is 0 Å². The molecule has 1 amide bonds. The van der Waals surface area contributed by atoms with Gasteiger partial charge in [-0.1, -0.05) is 37.3 Å². The number of aliphatic carboxylic acids is 2. The third-order valence-corrected chi connectivity index (χ3v) is 2.91. The Hall–Kier alpha value is -2.57. The predicted molar refractivity (Wildman–Crippen MR) is 72.6 cm³/mol. The zero-order chi connectivity index (χ0) is 15.8. The molecular formula is C14H17NO6. The van der Waals surface area contributed by atoms with E-state index in [1.165, 1.54) is 6.92 Å². The van der Waals surface area contributed by atoms with Crippen molar-refractivity contribution in [2.24, 2.45) is 5.92 Å². The van der Waals surface area contributed by atoms with Gasteiger partial charge in [-0.2, -0.15) is 0 Å². The monoisotopic (exact) mass is 295 g/mol. The van der Waals surface area contributed by atoms with Crippen LogP contribution in [0, 0.1) is 5.92 Å². The van der Waals surface area contributed by atoms with E-state index in [0.29, 0.717) is 0 Å². The maximum absolute atomic E-state index is 11.6. The molecule has 21 heavy (non-hydrogen) atoms. The van der Waals surface area contributed by atoms with E-state index in [-0.39, 0.29) is 13.0 Å². The third-order valence-electron chi connectivity index (χ3n) is 2.91. The van der Waals surface area contributed by atoms with Crippen molar-refractivity contribution in [1.29, 1.82) is 0 Å². The van der Waals surface area contributed by atoms with Crippen molar-refractivity contribution in [3.63, 3.8) is 0 Å².